The number of halogens is 1. The van der Waals surface area contributed by atoms with Gasteiger partial charge in [0.1, 0.15) is 17.3 Å². The molecule has 26 heavy (non-hydrogen) atoms. The Hall–Kier alpha value is -2.09. The molecule has 1 N–H and O–H groups in total. The first kappa shape index (κ1) is 20.2. The molecule has 0 heterocycles. The van der Waals surface area contributed by atoms with Crippen molar-refractivity contribution in [3.05, 3.63) is 58.6 Å². The molecule has 6 nitrogen and oxygen atoms in total. The molecule has 0 fully saturated rings. The SMILES string of the molecule is Cc1cccc(OCCNC(=O)c2ccc(Cl)c(S(=O)(=O)N(C)C)c2)c1. The van der Waals surface area contributed by atoms with E-state index in [1.807, 2.05) is 31.2 Å². The van der Waals surface area contributed by atoms with Crippen molar-refractivity contribution < 1.29 is 17.9 Å². The minimum absolute atomic E-state index is 0.0676. The number of hydrogen-bond donors (Lipinski definition) is 1. The fourth-order valence-electron chi connectivity index (χ4n) is 2.18. The van der Waals surface area contributed by atoms with Crippen LogP contribution in [-0.2, 0) is 10.0 Å². The third kappa shape index (κ3) is 4.97. The van der Waals surface area contributed by atoms with Crippen LogP contribution in [0.1, 0.15) is 15.9 Å². The first-order valence-corrected chi connectivity index (χ1v) is 9.73. The van der Waals surface area contributed by atoms with Gasteiger partial charge in [-0.15, -0.1) is 0 Å². The van der Waals surface area contributed by atoms with Crippen molar-refractivity contribution in [2.75, 3.05) is 27.2 Å². The Morgan fingerprint density at radius 3 is 2.58 bits per heavy atom. The number of nitrogens with one attached hydrogen (secondary N) is 1. The summed E-state index contributed by atoms with van der Waals surface area (Å²) in [6.45, 7) is 2.55. The van der Waals surface area contributed by atoms with Crippen LogP contribution in [0.2, 0.25) is 5.02 Å². The fraction of sp³-hybridized carbons (Fsp3) is 0.278. The molecule has 2 aromatic rings. The highest BCUT2D eigenvalue weighted by molar-refractivity contribution is 7.89. The Balaban J connectivity index is 1.99. The minimum Gasteiger partial charge on any atom is -0.492 e. The molecule has 0 spiro atoms. The molecule has 0 saturated carbocycles. The van der Waals surface area contributed by atoms with Crippen LogP contribution < -0.4 is 10.1 Å². The number of benzene rings is 2. The van der Waals surface area contributed by atoms with E-state index in [2.05, 4.69) is 5.32 Å². The topological polar surface area (TPSA) is 75.7 Å². The number of hydrogen-bond acceptors (Lipinski definition) is 4. The number of aryl methyl sites for hydroxylation is 1. The van der Waals surface area contributed by atoms with Crippen molar-refractivity contribution in [3.63, 3.8) is 0 Å². The maximum atomic E-state index is 12.3. The van der Waals surface area contributed by atoms with Crippen LogP contribution in [0.15, 0.2) is 47.4 Å². The highest BCUT2D eigenvalue weighted by atomic mass is 35.5. The van der Waals surface area contributed by atoms with Crippen molar-refractivity contribution in [2.45, 2.75) is 11.8 Å². The highest BCUT2D eigenvalue weighted by Crippen LogP contribution is 2.24. The first-order chi connectivity index (χ1) is 12.2. The summed E-state index contributed by atoms with van der Waals surface area (Å²) in [5.74, 6) is 0.329. The molecule has 8 heteroatoms. The number of nitrogens with zero attached hydrogens (tertiary/aromatic N) is 1. The average molecular weight is 397 g/mol. The molecule has 0 radical (unpaired) electrons. The van der Waals surface area contributed by atoms with Gasteiger partial charge in [0.25, 0.3) is 5.91 Å². The lowest BCUT2D eigenvalue weighted by atomic mass is 10.2. The zero-order valence-corrected chi connectivity index (χ0v) is 16.4. The summed E-state index contributed by atoms with van der Waals surface area (Å²) < 4.78 is 31.1. The van der Waals surface area contributed by atoms with Crippen molar-refractivity contribution in [2.24, 2.45) is 0 Å². The molecular formula is C18H21ClN2O4S. The number of rotatable bonds is 7. The molecule has 0 aliphatic carbocycles. The molecule has 0 aromatic heterocycles. The van der Waals surface area contributed by atoms with E-state index in [4.69, 9.17) is 16.3 Å². The van der Waals surface area contributed by atoms with Crippen molar-refractivity contribution in [3.8, 4) is 5.75 Å². The van der Waals surface area contributed by atoms with E-state index in [1.54, 1.807) is 0 Å². The van der Waals surface area contributed by atoms with Gasteiger partial charge >= 0.3 is 0 Å². The maximum absolute atomic E-state index is 12.3. The van der Waals surface area contributed by atoms with Gasteiger partial charge in [-0.05, 0) is 42.8 Å². The lowest BCUT2D eigenvalue weighted by Gasteiger charge is -2.14. The van der Waals surface area contributed by atoms with Gasteiger partial charge in [0.2, 0.25) is 10.0 Å². The summed E-state index contributed by atoms with van der Waals surface area (Å²) in [6.07, 6.45) is 0. The van der Waals surface area contributed by atoms with Gasteiger partial charge in [-0.1, -0.05) is 23.7 Å². The molecule has 0 unspecified atom stereocenters. The lowest BCUT2D eigenvalue weighted by Crippen LogP contribution is -2.28. The third-order valence-electron chi connectivity index (χ3n) is 3.60. The summed E-state index contributed by atoms with van der Waals surface area (Å²) in [6, 6.07) is 11.8. The summed E-state index contributed by atoms with van der Waals surface area (Å²) in [5.41, 5.74) is 1.30. The van der Waals surface area contributed by atoms with E-state index < -0.39 is 15.9 Å². The second kappa shape index (κ2) is 8.53. The van der Waals surface area contributed by atoms with Gasteiger partial charge in [-0.2, -0.15) is 0 Å². The van der Waals surface area contributed by atoms with Gasteiger partial charge in [0, 0.05) is 19.7 Å². The standard InChI is InChI=1S/C18H21ClN2O4S/c1-13-5-4-6-15(11-13)25-10-9-20-18(22)14-7-8-16(19)17(12-14)26(23,24)21(2)3/h4-8,11-12H,9-10H2,1-3H3,(H,20,22). The van der Waals surface area contributed by atoms with Gasteiger partial charge < -0.3 is 10.1 Å². The molecule has 2 rings (SSSR count). The molecule has 2 aromatic carbocycles. The Labute approximate surface area is 158 Å². The van der Waals surface area contributed by atoms with Crippen molar-refractivity contribution in [1.29, 1.82) is 0 Å². The van der Waals surface area contributed by atoms with Crippen LogP contribution in [-0.4, -0.2) is 45.9 Å². The predicted octanol–water partition coefficient (Wildman–Crippen LogP) is 2.71. The summed E-state index contributed by atoms with van der Waals surface area (Å²) >= 11 is 5.98. The lowest BCUT2D eigenvalue weighted by molar-refractivity contribution is 0.0947. The minimum atomic E-state index is -3.73. The van der Waals surface area contributed by atoms with E-state index in [0.717, 1.165) is 15.6 Å². The molecule has 140 valence electrons. The van der Waals surface area contributed by atoms with Gasteiger partial charge in [-0.3, -0.25) is 4.79 Å². The Kier molecular flexibility index (Phi) is 6.63. The molecule has 0 aliphatic rings. The Bertz CT molecular complexity index is 898. The monoisotopic (exact) mass is 396 g/mol. The normalized spacial score (nSPS) is 11.4. The molecule has 1 amide bonds. The van der Waals surface area contributed by atoms with E-state index in [-0.39, 0.29) is 22.0 Å². The number of sulfonamides is 1. The van der Waals surface area contributed by atoms with Crippen molar-refractivity contribution >= 4 is 27.5 Å². The van der Waals surface area contributed by atoms with Crippen LogP contribution in [0.4, 0.5) is 0 Å². The first-order valence-electron chi connectivity index (χ1n) is 7.91. The van der Waals surface area contributed by atoms with Gasteiger partial charge in [0.15, 0.2) is 0 Å². The number of carbonyl (C=O) groups excluding carboxylic acids is 1. The van der Waals surface area contributed by atoms with E-state index in [9.17, 15) is 13.2 Å². The van der Waals surface area contributed by atoms with Crippen LogP contribution in [0, 0.1) is 6.92 Å². The van der Waals surface area contributed by atoms with E-state index in [1.165, 1.54) is 32.3 Å². The second-order valence-corrected chi connectivity index (χ2v) is 8.38. The smallest absolute Gasteiger partial charge is 0.251 e. The molecule has 0 atom stereocenters. The van der Waals surface area contributed by atoms with Crippen LogP contribution in [0.5, 0.6) is 5.75 Å². The molecule has 0 aliphatic heterocycles. The molecule has 0 saturated heterocycles. The van der Waals surface area contributed by atoms with Gasteiger partial charge in [-0.25, -0.2) is 12.7 Å². The quantitative estimate of drug-likeness (QED) is 0.730. The summed E-state index contributed by atoms with van der Waals surface area (Å²) in [4.78, 5) is 12.1. The van der Waals surface area contributed by atoms with Crippen molar-refractivity contribution in [1.82, 2.24) is 9.62 Å². The van der Waals surface area contributed by atoms with Crippen LogP contribution in [0.3, 0.4) is 0 Å². The zero-order valence-electron chi connectivity index (χ0n) is 14.8. The fourth-order valence-corrected chi connectivity index (χ4v) is 3.57. The number of carbonyl (C=O) groups is 1. The molecule has 0 bridgehead atoms. The van der Waals surface area contributed by atoms with E-state index in [0.29, 0.717) is 6.61 Å². The highest BCUT2D eigenvalue weighted by Gasteiger charge is 2.22. The van der Waals surface area contributed by atoms with Gasteiger partial charge in [0.05, 0.1) is 11.6 Å². The predicted molar refractivity (Wildman–Crippen MR) is 101 cm³/mol. The maximum Gasteiger partial charge on any atom is 0.251 e. The zero-order chi connectivity index (χ0) is 19.3. The third-order valence-corrected chi connectivity index (χ3v) is 5.89. The van der Waals surface area contributed by atoms with Crippen LogP contribution >= 0.6 is 11.6 Å². The van der Waals surface area contributed by atoms with E-state index >= 15 is 0 Å². The van der Waals surface area contributed by atoms with Crippen LogP contribution in [0.25, 0.3) is 0 Å². The largest absolute Gasteiger partial charge is 0.492 e. The Morgan fingerprint density at radius 1 is 1.19 bits per heavy atom. The summed E-state index contributed by atoms with van der Waals surface area (Å²) in [7, 11) is -0.925. The average Bonchev–Trinajstić information content (AvgIpc) is 2.58. The number of amides is 1. The Morgan fingerprint density at radius 2 is 1.92 bits per heavy atom. The summed E-state index contributed by atoms with van der Waals surface area (Å²) in [5, 5.41) is 2.76. The second-order valence-electron chi connectivity index (χ2n) is 5.85. The number of ether oxygens (including phenoxy) is 1. The molecular weight excluding hydrogens is 376 g/mol.